The van der Waals surface area contributed by atoms with Gasteiger partial charge in [0, 0.05) is 13.1 Å². The van der Waals surface area contributed by atoms with E-state index in [1.54, 1.807) is 0 Å². The second-order valence-electron chi connectivity index (χ2n) is 6.08. The van der Waals surface area contributed by atoms with E-state index in [9.17, 15) is 0 Å². The molecule has 4 nitrogen and oxygen atoms in total. The summed E-state index contributed by atoms with van der Waals surface area (Å²) in [5.74, 6) is 0. The van der Waals surface area contributed by atoms with Crippen LogP contribution in [-0.2, 0) is 11.4 Å². The van der Waals surface area contributed by atoms with Crippen LogP contribution in [0.2, 0.25) is 0 Å². The van der Waals surface area contributed by atoms with Crippen LogP contribution in [0.1, 0.15) is 63.4 Å². The second kappa shape index (κ2) is 11.6. The number of hydrogen-bond acceptors (Lipinski definition) is 4. The van der Waals surface area contributed by atoms with Gasteiger partial charge in [0.2, 0.25) is 0 Å². The van der Waals surface area contributed by atoms with Crippen LogP contribution in [-0.4, -0.2) is 18.3 Å². The molecule has 0 unspecified atom stereocenters. The lowest BCUT2D eigenvalue weighted by molar-refractivity contribution is -0.215. The third-order valence-electron chi connectivity index (χ3n) is 4.10. The molecule has 2 rings (SSSR count). The number of nitrogens with zero attached hydrogens (tertiary/aromatic N) is 1. The van der Waals surface area contributed by atoms with E-state index in [0.29, 0.717) is 6.61 Å². The third kappa shape index (κ3) is 7.90. The van der Waals surface area contributed by atoms with Crippen molar-refractivity contribution in [2.24, 2.45) is 0 Å². The standard InChI is InChI=1S/C18H31N3O/c1-2-4-6-11-15-19-20-21(16-12-7-5-3-1)22-17-18-13-9-8-10-14-18/h8-10,13-14,19-20H,1-7,11-12,15-17H2. The Labute approximate surface area is 135 Å². The first-order valence-corrected chi connectivity index (χ1v) is 8.88. The number of nitrogens with one attached hydrogen (secondary N) is 2. The molecule has 1 aromatic carbocycles. The summed E-state index contributed by atoms with van der Waals surface area (Å²) >= 11 is 0. The molecule has 0 bridgehead atoms. The van der Waals surface area contributed by atoms with Gasteiger partial charge in [-0.1, -0.05) is 75.3 Å². The van der Waals surface area contributed by atoms with Crippen LogP contribution < -0.4 is 11.0 Å². The van der Waals surface area contributed by atoms with Crippen LogP contribution >= 0.6 is 0 Å². The van der Waals surface area contributed by atoms with Gasteiger partial charge in [-0.05, 0) is 18.4 Å². The van der Waals surface area contributed by atoms with Crippen molar-refractivity contribution in [2.75, 3.05) is 13.1 Å². The van der Waals surface area contributed by atoms with Crippen molar-refractivity contribution < 1.29 is 4.84 Å². The van der Waals surface area contributed by atoms with E-state index in [1.165, 1.54) is 63.4 Å². The van der Waals surface area contributed by atoms with Crippen LogP contribution in [0.25, 0.3) is 0 Å². The van der Waals surface area contributed by atoms with Crippen molar-refractivity contribution in [2.45, 2.75) is 64.4 Å². The molecule has 4 heteroatoms. The number of benzene rings is 1. The monoisotopic (exact) mass is 305 g/mol. The molecule has 1 aromatic rings. The molecule has 1 saturated heterocycles. The van der Waals surface area contributed by atoms with Gasteiger partial charge in [-0.3, -0.25) is 4.84 Å². The molecule has 2 N–H and O–H groups in total. The number of rotatable bonds is 3. The van der Waals surface area contributed by atoms with Gasteiger partial charge in [0.25, 0.3) is 0 Å². The Morgan fingerprint density at radius 3 is 2.18 bits per heavy atom. The summed E-state index contributed by atoms with van der Waals surface area (Å²) < 4.78 is 0. The molecular weight excluding hydrogens is 274 g/mol. The lowest BCUT2D eigenvalue weighted by Crippen LogP contribution is -2.47. The van der Waals surface area contributed by atoms with Gasteiger partial charge >= 0.3 is 0 Å². The summed E-state index contributed by atoms with van der Waals surface area (Å²) in [6.45, 7) is 2.51. The molecule has 0 spiro atoms. The molecule has 0 radical (unpaired) electrons. The van der Waals surface area contributed by atoms with Gasteiger partial charge in [0.05, 0.1) is 6.61 Å². The zero-order valence-corrected chi connectivity index (χ0v) is 13.7. The summed E-state index contributed by atoms with van der Waals surface area (Å²) in [7, 11) is 0. The molecule has 1 aliphatic rings. The Kier molecular flexibility index (Phi) is 9.19. The van der Waals surface area contributed by atoms with Crippen molar-refractivity contribution in [3.8, 4) is 0 Å². The van der Waals surface area contributed by atoms with E-state index in [-0.39, 0.29) is 0 Å². The maximum absolute atomic E-state index is 5.89. The van der Waals surface area contributed by atoms with Crippen molar-refractivity contribution >= 4 is 0 Å². The SMILES string of the molecule is c1ccc(CON2CCCCCCCCCCCNN2)cc1. The molecule has 0 aromatic heterocycles. The van der Waals surface area contributed by atoms with Crippen LogP contribution in [0.3, 0.4) is 0 Å². The molecule has 0 amide bonds. The van der Waals surface area contributed by atoms with Gasteiger partial charge in [-0.15, -0.1) is 5.17 Å². The van der Waals surface area contributed by atoms with Crippen molar-refractivity contribution in [3.63, 3.8) is 0 Å². The fourth-order valence-electron chi connectivity index (χ4n) is 2.73. The van der Waals surface area contributed by atoms with Crippen LogP contribution in [0, 0.1) is 0 Å². The van der Waals surface area contributed by atoms with Gasteiger partial charge in [0.1, 0.15) is 0 Å². The number of hydrogen-bond donors (Lipinski definition) is 2. The van der Waals surface area contributed by atoms with Crippen LogP contribution in [0.5, 0.6) is 0 Å². The molecule has 0 saturated carbocycles. The summed E-state index contributed by atoms with van der Waals surface area (Å²) in [4.78, 5) is 5.89. The van der Waals surface area contributed by atoms with Crippen molar-refractivity contribution in [3.05, 3.63) is 35.9 Å². The number of hydrazine groups is 2. The predicted molar refractivity (Wildman–Crippen MR) is 90.6 cm³/mol. The number of hydroxylamine groups is 1. The average molecular weight is 305 g/mol. The van der Waals surface area contributed by atoms with Gasteiger partial charge < -0.3 is 0 Å². The maximum atomic E-state index is 5.89. The Hall–Kier alpha value is -0.940. The Morgan fingerprint density at radius 1 is 0.818 bits per heavy atom. The summed E-state index contributed by atoms with van der Waals surface area (Å²) in [6, 6.07) is 10.3. The third-order valence-corrected chi connectivity index (χ3v) is 4.10. The van der Waals surface area contributed by atoms with Crippen molar-refractivity contribution in [1.29, 1.82) is 0 Å². The van der Waals surface area contributed by atoms with E-state index in [2.05, 4.69) is 23.1 Å². The molecule has 0 aliphatic carbocycles. The average Bonchev–Trinajstić information content (AvgIpc) is 2.56. The largest absolute Gasteiger partial charge is 0.278 e. The van der Waals surface area contributed by atoms with Gasteiger partial charge in [0.15, 0.2) is 0 Å². The quantitative estimate of drug-likeness (QED) is 0.886. The van der Waals surface area contributed by atoms with E-state index < -0.39 is 0 Å². The first-order chi connectivity index (χ1) is 10.9. The minimum atomic E-state index is 0.607. The van der Waals surface area contributed by atoms with Gasteiger partial charge in [-0.2, -0.15) is 5.53 Å². The predicted octanol–water partition coefficient (Wildman–Crippen LogP) is 3.95. The fourth-order valence-corrected chi connectivity index (χ4v) is 2.73. The minimum Gasteiger partial charge on any atom is -0.278 e. The lowest BCUT2D eigenvalue weighted by Gasteiger charge is -2.23. The first kappa shape index (κ1) is 17.4. The van der Waals surface area contributed by atoms with Crippen LogP contribution in [0.15, 0.2) is 30.3 Å². The summed E-state index contributed by atoms with van der Waals surface area (Å²) in [6.07, 6.45) is 11.9. The molecular formula is C18H31N3O. The minimum absolute atomic E-state index is 0.607. The van der Waals surface area contributed by atoms with Crippen molar-refractivity contribution in [1.82, 2.24) is 16.1 Å². The highest BCUT2D eigenvalue weighted by molar-refractivity contribution is 5.13. The normalized spacial score (nSPS) is 20.4. The van der Waals surface area contributed by atoms with E-state index in [0.717, 1.165) is 13.1 Å². The van der Waals surface area contributed by atoms with E-state index >= 15 is 0 Å². The maximum Gasteiger partial charge on any atom is 0.0953 e. The highest BCUT2D eigenvalue weighted by Gasteiger charge is 2.06. The summed E-state index contributed by atoms with van der Waals surface area (Å²) in [5, 5.41) is 1.86. The molecule has 1 aliphatic heterocycles. The smallest absolute Gasteiger partial charge is 0.0953 e. The first-order valence-electron chi connectivity index (χ1n) is 8.88. The zero-order valence-electron chi connectivity index (χ0n) is 13.7. The second-order valence-corrected chi connectivity index (χ2v) is 6.08. The Bertz CT molecular complexity index is 358. The zero-order chi connectivity index (χ0) is 15.3. The lowest BCUT2D eigenvalue weighted by atomic mass is 10.1. The topological polar surface area (TPSA) is 36.5 Å². The molecule has 22 heavy (non-hydrogen) atoms. The summed E-state index contributed by atoms with van der Waals surface area (Å²) in [5.41, 5.74) is 7.68. The molecule has 1 heterocycles. The van der Waals surface area contributed by atoms with Crippen LogP contribution in [0.4, 0.5) is 0 Å². The molecule has 124 valence electrons. The molecule has 0 atom stereocenters. The Morgan fingerprint density at radius 2 is 1.45 bits per heavy atom. The van der Waals surface area contributed by atoms with E-state index in [1.807, 2.05) is 23.4 Å². The Balaban J connectivity index is 1.72. The fraction of sp³-hybridized carbons (Fsp3) is 0.667. The van der Waals surface area contributed by atoms with Gasteiger partial charge in [-0.25, -0.2) is 5.43 Å². The molecule has 1 fully saturated rings. The highest BCUT2D eigenvalue weighted by atomic mass is 16.7. The highest BCUT2D eigenvalue weighted by Crippen LogP contribution is 2.10. The van der Waals surface area contributed by atoms with E-state index in [4.69, 9.17) is 4.84 Å².